The van der Waals surface area contributed by atoms with Gasteiger partial charge in [0.15, 0.2) is 11.5 Å². The second kappa shape index (κ2) is 11.1. The third-order valence-corrected chi connectivity index (χ3v) is 6.32. The minimum atomic E-state index is 0.190. The smallest absolute Gasteiger partial charge is 0.180 e. The summed E-state index contributed by atoms with van der Waals surface area (Å²) in [7, 11) is 0. The topological polar surface area (TPSA) is 120 Å². The number of nitrogens with one attached hydrogen (secondary N) is 3. The van der Waals surface area contributed by atoms with E-state index in [4.69, 9.17) is 11.1 Å². The van der Waals surface area contributed by atoms with E-state index in [0.29, 0.717) is 22.9 Å². The maximum Gasteiger partial charge on any atom is 0.180 e. The predicted octanol–water partition coefficient (Wildman–Crippen LogP) is 4.47. The first-order chi connectivity index (χ1) is 17.0. The van der Waals surface area contributed by atoms with Gasteiger partial charge in [-0.25, -0.2) is 15.0 Å². The Morgan fingerprint density at radius 1 is 1.29 bits per heavy atom. The highest BCUT2D eigenvalue weighted by Crippen LogP contribution is 2.28. The van der Waals surface area contributed by atoms with Crippen molar-refractivity contribution in [2.45, 2.75) is 33.1 Å². The summed E-state index contributed by atoms with van der Waals surface area (Å²) < 4.78 is 0. The van der Waals surface area contributed by atoms with Crippen LogP contribution < -0.4 is 16.0 Å². The van der Waals surface area contributed by atoms with Crippen molar-refractivity contribution in [1.29, 1.82) is 5.41 Å². The van der Waals surface area contributed by atoms with Crippen molar-refractivity contribution in [3.05, 3.63) is 71.9 Å². The number of H-pyrrole nitrogens is 1. The van der Waals surface area contributed by atoms with Crippen LogP contribution >= 0.6 is 0 Å². The number of allylic oxidation sites excluding steroid dienone is 3. The lowest BCUT2D eigenvalue weighted by Gasteiger charge is -2.28. The SMILES string of the molecule is C=C/C(=C\C(=C/C)c1cnc(N)c(C(=N)c2nc3nccc(N4CCCCC4)c3[nH]2)c1)CNCC. The van der Waals surface area contributed by atoms with E-state index in [9.17, 15) is 0 Å². The van der Waals surface area contributed by atoms with Gasteiger partial charge < -0.3 is 20.9 Å². The standard InChI is InChI=1S/C27H34N8/c1-4-18(16-30-6-3)14-19(5-2)20-15-21(25(29)32-17-20)23(28)26-33-24-22(10-11-31-27(24)34-26)35-12-8-7-9-13-35/h4-5,10-11,14-15,17,28,30H,1,6-9,12-13,16H2,2-3H3,(H2,29,32)(H,31,33,34)/b18-14+,19-5+,28-23?. The summed E-state index contributed by atoms with van der Waals surface area (Å²) in [5.41, 5.74) is 12.4. The van der Waals surface area contributed by atoms with Crippen molar-refractivity contribution in [1.82, 2.24) is 25.3 Å². The number of imidazole rings is 1. The van der Waals surface area contributed by atoms with Crippen LogP contribution in [0.25, 0.3) is 16.7 Å². The van der Waals surface area contributed by atoms with Gasteiger partial charge in [0.25, 0.3) is 0 Å². The molecule has 4 heterocycles. The number of rotatable bonds is 9. The molecule has 8 heteroatoms. The summed E-state index contributed by atoms with van der Waals surface area (Å²) in [6.07, 6.45) is 13.1. The number of anilines is 2. The lowest BCUT2D eigenvalue weighted by atomic mass is 10.0. The maximum absolute atomic E-state index is 8.91. The molecule has 0 unspecified atom stereocenters. The molecule has 1 aliphatic rings. The highest BCUT2D eigenvalue weighted by atomic mass is 15.2. The van der Waals surface area contributed by atoms with Crippen LogP contribution in [0.4, 0.5) is 11.5 Å². The number of nitrogens with zero attached hydrogens (tertiary/aromatic N) is 4. The number of hydrogen-bond acceptors (Lipinski definition) is 7. The first-order valence-corrected chi connectivity index (χ1v) is 12.2. The van der Waals surface area contributed by atoms with Crippen LogP contribution in [-0.2, 0) is 0 Å². The molecule has 0 spiro atoms. The molecule has 5 N–H and O–H groups in total. The van der Waals surface area contributed by atoms with Gasteiger partial charge in [0.05, 0.1) is 5.69 Å². The Morgan fingerprint density at radius 2 is 2.09 bits per heavy atom. The second-order valence-electron chi connectivity index (χ2n) is 8.64. The lowest BCUT2D eigenvalue weighted by molar-refractivity contribution is 0.578. The average molecular weight is 471 g/mol. The van der Waals surface area contributed by atoms with E-state index < -0.39 is 0 Å². The van der Waals surface area contributed by atoms with E-state index in [1.165, 1.54) is 19.3 Å². The van der Waals surface area contributed by atoms with Crippen LogP contribution in [0.3, 0.4) is 0 Å². The third-order valence-electron chi connectivity index (χ3n) is 6.32. The number of fused-ring (bicyclic) bond motifs is 1. The molecule has 0 aromatic carbocycles. The van der Waals surface area contributed by atoms with E-state index in [2.05, 4.69) is 49.7 Å². The number of piperidine rings is 1. The molecular weight excluding hydrogens is 436 g/mol. The second-order valence-corrected chi connectivity index (χ2v) is 8.64. The number of nitrogen functional groups attached to an aromatic ring is 1. The van der Waals surface area contributed by atoms with E-state index in [1.807, 2.05) is 31.2 Å². The molecule has 35 heavy (non-hydrogen) atoms. The maximum atomic E-state index is 8.91. The van der Waals surface area contributed by atoms with Crippen molar-refractivity contribution in [2.75, 3.05) is 36.8 Å². The van der Waals surface area contributed by atoms with Gasteiger partial charge in [0.2, 0.25) is 0 Å². The fourth-order valence-corrected chi connectivity index (χ4v) is 4.36. The Bertz CT molecular complexity index is 1280. The Balaban J connectivity index is 1.68. The van der Waals surface area contributed by atoms with Gasteiger partial charge >= 0.3 is 0 Å². The van der Waals surface area contributed by atoms with Crippen molar-refractivity contribution >= 4 is 34.0 Å². The zero-order valence-corrected chi connectivity index (χ0v) is 20.6. The van der Waals surface area contributed by atoms with Crippen molar-refractivity contribution < 1.29 is 0 Å². The molecule has 0 amide bonds. The average Bonchev–Trinajstić information content (AvgIpc) is 3.34. The van der Waals surface area contributed by atoms with E-state index in [1.54, 1.807) is 12.4 Å². The summed E-state index contributed by atoms with van der Waals surface area (Å²) in [6, 6.07) is 3.92. The zero-order valence-electron chi connectivity index (χ0n) is 20.6. The molecule has 0 bridgehead atoms. The molecule has 0 atom stereocenters. The first kappa shape index (κ1) is 24.3. The lowest BCUT2D eigenvalue weighted by Crippen LogP contribution is -2.29. The normalized spacial score (nSPS) is 15.0. The molecule has 1 saturated heterocycles. The molecule has 8 nitrogen and oxygen atoms in total. The molecule has 182 valence electrons. The number of pyridine rings is 2. The molecule has 3 aromatic heterocycles. The van der Waals surface area contributed by atoms with E-state index in [0.717, 1.165) is 54.1 Å². The van der Waals surface area contributed by atoms with Gasteiger partial charge in [-0.15, -0.1) is 0 Å². The van der Waals surface area contributed by atoms with Crippen molar-refractivity contribution in [3.8, 4) is 0 Å². The molecule has 0 aliphatic carbocycles. The van der Waals surface area contributed by atoms with Gasteiger partial charge in [0, 0.05) is 43.2 Å². The monoisotopic (exact) mass is 470 g/mol. The molecule has 1 aliphatic heterocycles. The molecule has 0 saturated carbocycles. The van der Waals surface area contributed by atoms with Crippen molar-refractivity contribution in [3.63, 3.8) is 0 Å². The summed E-state index contributed by atoms with van der Waals surface area (Å²) in [5.74, 6) is 0.721. The van der Waals surface area contributed by atoms with Gasteiger partial charge in [-0.2, -0.15) is 0 Å². The van der Waals surface area contributed by atoms with Gasteiger partial charge in [-0.1, -0.05) is 31.7 Å². The minimum Gasteiger partial charge on any atom is -0.383 e. The fourth-order valence-electron chi connectivity index (χ4n) is 4.36. The third kappa shape index (κ3) is 5.33. The number of aromatic amines is 1. The van der Waals surface area contributed by atoms with Crippen LogP contribution in [0.5, 0.6) is 0 Å². The molecular formula is C27H34N8. The highest BCUT2D eigenvalue weighted by Gasteiger charge is 2.20. The van der Waals surface area contributed by atoms with Gasteiger partial charge in [-0.05, 0) is 56.0 Å². The fraction of sp³-hybridized carbons (Fsp3) is 0.333. The van der Waals surface area contributed by atoms with E-state index in [-0.39, 0.29) is 5.71 Å². The highest BCUT2D eigenvalue weighted by molar-refractivity contribution is 6.13. The van der Waals surface area contributed by atoms with Crippen LogP contribution in [0, 0.1) is 5.41 Å². The number of likely N-dealkylation sites (N-methyl/N-ethyl adjacent to an activating group) is 1. The number of nitrogens with two attached hydrogens (primary N) is 1. The van der Waals surface area contributed by atoms with E-state index >= 15 is 0 Å². The minimum absolute atomic E-state index is 0.190. The summed E-state index contributed by atoms with van der Waals surface area (Å²) >= 11 is 0. The van der Waals surface area contributed by atoms with Gasteiger partial charge in [0.1, 0.15) is 17.0 Å². The van der Waals surface area contributed by atoms with Crippen molar-refractivity contribution in [2.24, 2.45) is 0 Å². The molecule has 0 radical (unpaired) electrons. The van der Waals surface area contributed by atoms with Crippen LogP contribution in [0.1, 0.15) is 50.1 Å². The Labute approximate surface area is 206 Å². The molecule has 3 aromatic rings. The molecule has 1 fully saturated rings. The largest absolute Gasteiger partial charge is 0.383 e. The predicted molar refractivity (Wildman–Crippen MR) is 145 cm³/mol. The van der Waals surface area contributed by atoms with Gasteiger partial charge in [-0.3, -0.25) is 5.41 Å². The Kier molecular flexibility index (Phi) is 7.72. The molecule has 4 rings (SSSR count). The summed E-state index contributed by atoms with van der Waals surface area (Å²) in [6.45, 7) is 11.6. The summed E-state index contributed by atoms with van der Waals surface area (Å²) in [4.78, 5) is 19.2. The number of hydrogen-bond donors (Lipinski definition) is 4. The van der Waals surface area contributed by atoms with Crippen LogP contribution in [0.15, 0.2) is 54.9 Å². The first-order valence-electron chi connectivity index (χ1n) is 12.2. The summed E-state index contributed by atoms with van der Waals surface area (Å²) in [5, 5.41) is 12.2. The Hall–Kier alpha value is -3.78. The number of aromatic nitrogens is 4. The quantitative estimate of drug-likeness (QED) is 0.271. The zero-order chi connectivity index (χ0) is 24.8. The Morgan fingerprint density at radius 3 is 2.80 bits per heavy atom. The van der Waals surface area contributed by atoms with Crippen LogP contribution in [0.2, 0.25) is 0 Å². The van der Waals surface area contributed by atoms with Crippen LogP contribution in [-0.4, -0.2) is 51.8 Å².